The summed E-state index contributed by atoms with van der Waals surface area (Å²) < 4.78 is 6.35. The van der Waals surface area contributed by atoms with Crippen LogP contribution in [0, 0.1) is 0 Å². The molecule has 0 fully saturated rings. The molecular formula is C16H12ClN3O2. The van der Waals surface area contributed by atoms with Gasteiger partial charge < -0.3 is 4.74 Å². The van der Waals surface area contributed by atoms with Crippen molar-refractivity contribution in [2.75, 3.05) is 7.11 Å². The first kappa shape index (κ1) is 14.3. The Bertz CT molecular complexity index is 815. The molecule has 0 amide bonds. The van der Waals surface area contributed by atoms with Crippen molar-refractivity contribution in [1.82, 2.24) is 14.8 Å². The van der Waals surface area contributed by atoms with Crippen molar-refractivity contribution < 1.29 is 9.53 Å². The summed E-state index contributed by atoms with van der Waals surface area (Å²) in [6.07, 6.45) is 3.34. The van der Waals surface area contributed by atoms with E-state index in [1.807, 2.05) is 18.2 Å². The topological polar surface area (TPSA) is 57.0 Å². The van der Waals surface area contributed by atoms with Gasteiger partial charge in [0.1, 0.15) is 0 Å². The molecule has 2 heterocycles. The number of aromatic nitrogens is 3. The highest BCUT2D eigenvalue weighted by molar-refractivity contribution is 6.30. The van der Waals surface area contributed by atoms with E-state index in [1.54, 1.807) is 36.7 Å². The maximum atomic E-state index is 12.0. The number of hydrogen-bond donors (Lipinski definition) is 0. The molecule has 1 aromatic carbocycles. The normalized spacial score (nSPS) is 10.5. The lowest BCUT2D eigenvalue weighted by atomic mass is 10.2. The fraction of sp³-hybridized carbons (Fsp3) is 0.0625. The molecule has 0 saturated carbocycles. The predicted molar refractivity (Wildman–Crippen MR) is 83.1 cm³/mol. The van der Waals surface area contributed by atoms with E-state index in [0.717, 1.165) is 5.56 Å². The van der Waals surface area contributed by atoms with Gasteiger partial charge >= 0.3 is 5.97 Å². The Morgan fingerprint density at radius 2 is 1.95 bits per heavy atom. The van der Waals surface area contributed by atoms with E-state index < -0.39 is 5.97 Å². The number of halogens is 1. The third-order valence-corrected chi connectivity index (χ3v) is 3.37. The zero-order chi connectivity index (χ0) is 15.5. The smallest absolute Gasteiger partial charge is 0.356 e. The van der Waals surface area contributed by atoms with Gasteiger partial charge in [-0.15, -0.1) is 0 Å². The van der Waals surface area contributed by atoms with Crippen LogP contribution in [0.2, 0.25) is 5.02 Å². The van der Waals surface area contributed by atoms with Gasteiger partial charge in [0.2, 0.25) is 0 Å². The summed E-state index contributed by atoms with van der Waals surface area (Å²) in [7, 11) is 1.34. The summed E-state index contributed by atoms with van der Waals surface area (Å²) >= 11 is 6.02. The summed E-state index contributed by atoms with van der Waals surface area (Å²) in [6.45, 7) is 0. The molecule has 6 heteroatoms. The van der Waals surface area contributed by atoms with E-state index in [1.165, 1.54) is 11.8 Å². The first-order chi connectivity index (χ1) is 10.7. The second-order valence-corrected chi connectivity index (χ2v) is 4.97. The average molecular weight is 314 g/mol. The van der Waals surface area contributed by atoms with Gasteiger partial charge in [0.15, 0.2) is 5.69 Å². The highest BCUT2D eigenvalue weighted by Crippen LogP contribution is 2.23. The van der Waals surface area contributed by atoms with Crippen LogP contribution in [0.5, 0.6) is 0 Å². The van der Waals surface area contributed by atoms with Gasteiger partial charge in [0.05, 0.1) is 18.5 Å². The molecule has 0 unspecified atom stereocenters. The number of methoxy groups -OCH3 is 1. The van der Waals surface area contributed by atoms with Gasteiger partial charge in [0.25, 0.3) is 0 Å². The maximum Gasteiger partial charge on any atom is 0.356 e. The zero-order valence-electron chi connectivity index (χ0n) is 11.7. The number of carbonyl (C=O) groups excluding carboxylic acids is 1. The number of nitrogens with zero attached hydrogens (tertiary/aromatic N) is 3. The van der Waals surface area contributed by atoms with Gasteiger partial charge in [-0.25, -0.2) is 9.48 Å². The fourth-order valence-electron chi connectivity index (χ4n) is 2.10. The van der Waals surface area contributed by atoms with Gasteiger partial charge in [-0.1, -0.05) is 17.7 Å². The van der Waals surface area contributed by atoms with Crippen LogP contribution in [-0.2, 0) is 4.74 Å². The monoisotopic (exact) mass is 313 g/mol. The second kappa shape index (κ2) is 5.99. The predicted octanol–water partition coefficient (Wildman–Crippen LogP) is 3.37. The van der Waals surface area contributed by atoms with E-state index in [0.29, 0.717) is 22.1 Å². The second-order valence-electron chi connectivity index (χ2n) is 4.53. The summed E-state index contributed by atoms with van der Waals surface area (Å²) in [5.41, 5.74) is 2.54. The van der Waals surface area contributed by atoms with Gasteiger partial charge in [-0.05, 0) is 36.4 Å². The van der Waals surface area contributed by atoms with Crippen molar-refractivity contribution in [2.24, 2.45) is 0 Å². The minimum atomic E-state index is -0.465. The Labute approximate surface area is 132 Å². The van der Waals surface area contributed by atoms with Crippen molar-refractivity contribution in [2.45, 2.75) is 0 Å². The highest BCUT2D eigenvalue weighted by atomic mass is 35.5. The van der Waals surface area contributed by atoms with Crippen LogP contribution in [-0.4, -0.2) is 27.8 Å². The van der Waals surface area contributed by atoms with Crippen LogP contribution < -0.4 is 0 Å². The highest BCUT2D eigenvalue weighted by Gasteiger charge is 2.18. The molecule has 0 aliphatic rings. The molecule has 0 saturated heterocycles. The van der Waals surface area contributed by atoms with Crippen molar-refractivity contribution in [3.05, 3.63) is 65.6 Å². The Morgan fingerprint density at radius 3 is 2.64 bits per heavy atom. The Balaban J connectivity index is 2.16. The SMILES string of the molecule is COC(=O)c1cc(-c2ccncc2)nn1-c1cccc(Cl)c1. The van der Waals surface area contributed by atoms with Crippen molar-refractivity contribution in [3.8, 4) is 16.9 Å². The molecule has 0 aliphatic carbocycles. The standard InChI is InChI=1S/C16H12ClN3O2/c1-22-16(21)15-10-14(11-5-7-18-8-6-11)19-20(15)13-4-2-3-12(17)9-13/h2-10H,1H3. The summed E-state index contributed by atoms with van der Waals surface area (Å²) in [5.74, 6) is -0.465. The largest absolute Gasteiger partial charge is 0.464 e. The Hall–Kier alpha value is -2.66. The molecule has 0 bridgehead atoms. The minimum absolute atomic E-state index is 0.330. The molecule has 0 radical (unpaired) electrons. The molecule has 0 atom stereocenters. The summed E-state index contributed by atoms with van der Waals surface area (Å²) in [4.78, 5) is 16.0. The molecule has 0 aliphatic heterocycles. The van der Waals surface area contributed by atoms with Crippen LogP contribution in [0.1, 0.15) is 10.5 Å². The lowest BCUT2D eigenvalue weighted by molar-refractivity contribution is 0.0590. The first-order valence-corrected chi connectivity index (χ1v) is 6.91. The number of ether oxygens (including phenoxy) is 1. The molecule has 5 nitrogen and oxygen atoms in total. The number of rotatable bonds is 3. The average Bonchev–Trinajstić information content (AvgIpc) is 3.00. The number of pyridine rings is 1. The van der Waals surface area contributed by atoms with Crippen LogP contribution in [0.25, 0.3) is 16.9 Å². The lowest BCUT2D eigenvalue weighted by Gasteiger charge is -2.06. The van der Waals surface area contributed by atoms with Gasteiger partial charge in [-0.3, -0.25) is 4.98 Å². The molecular weight excluding hydrogens is 302 g/mol. The lowest BCUT2D eigenvalue weighted by Crippen LogP contribution is -2.10. The zero-order valence-corrected chi connectivity index (χ0v) is 12.5. The van der Waals surface area contributed by atoms with E-state index in [-0.39, 0.29) is 0 Å². The number of esters is 1. The van der Waals surface area contributed by atoms with Crippen molar-refractivity contribution in [1.29, 1.82) is 0 Å². The third kappa shape index (κ3) is 2.71. The number of carbonyl (C=O) groups is 1. The number of benzene rings is 1. The third-order valence-electron chi connectivity index (χ3n) is 3.13. The van der Waals surface area contributed by atoms with Gasteiger partial charge in [-0.2, -0.15) is 5.10 Å². The minimum Gasteiger partial charge on any atom is -0.464 e. The van der Waals surface area contributed by atoms with E-state index in [4.69, 9.17) is 16.3 Å². The van der Waals surface area contributed by atoms with E-state index in [2.05, 4.69) is 10.1 Å². The molecule has 22 heavy (non-hydrogen) atoms. The molecule has 3 rings (SSSR count). The van der Waals surface area contributed by atoms with Crippen LogP contribution in [0.3, 0.4) is 0 Å². The van der Waals surface area contributed by atoms with Crippen LogP contribution >= 0.6 is 11.6 Å². The van der Waals surface area contributed by atoms with Crippen LogP contribution in [0.4, 0.5) is 0 Å². The molecule has 0 spiro atoms. The molecule has 0 N–H and O–H groups in total. The Kier molecular flexibility index (Phi) is 3.89. The van der Waals surface area contributed by atoms with Crippen molar-refractivity contribution in [3.63, 3.8) is 0 Å². The van der Waals surface area contributed by atoms with Crippen LogP contribution in [0.15, 0.2) is 54.9 Å². The quantitative estimate of drug-likeness (QED) is 0.696. The van der Waals surface area contributed by atoms with E-state index >= 15 is 0 Å². The fourth-order valence-corrected chi connectivity index (χ4v) is 2.28. The van der Waals surface area contributed by atoms with E-state index in [9.17, 15) is 4.79 Å². The van der Waals surface area contributed by atoms with Gasteiger partial charge in [0, 0.05) is 23.0 Å². The summed E-state index contributed by atoms with van der Waals surface area (Å²) in [5, 5.41) is 5.05. The molecule has 110 valence electrons. The first-order valence-electron chi connectivity index (χ1n) is 6.54. The van der Waals surface area contributed by atoms with Crippen molar-refractivity contribution >= 4 is 17.6 Å². The maximum absolute atomic E-state index is 12.0. The Morgan fingerprint density at radius 1 is 1.18 bits per heavy atom. The molecule has 3 aromatic rings. The molecule has 2 aromatic heterocycles. The number of hydrogen-bond acceptors (Lipinski definition) is 4. The summed E-state index contributed by atoms with van der Waals surface area (Å²) in [6, 6.07) is 12.4.